The van der Waals surface area contributed by atoms with Gasteiger partial charge in [-0.3, -0.25) is 23.5 Å². The molecule has 3 N–H and O–H groups in total. The molecule has 0 aliphatic carbocycles. The van der Waals surface area contributed by atoms with Gasteiger partial charge in [0.1, 0.15) is 18.9 Å². The van der Waals surface area contributed by atoms with Gasteiger partial charge in [-0.05, 0) is 181 Å². The van der Waals surface area contributed by atoms with Crippen LogP contribution in [0.4, 0.5) is 0 Å². The zero-order valence-electron chi connectivity index (χ0n) is 77.7. The van der Waals surface area contributed by atoms with E-state index in [4.69, 9.17) is 89.1 Å². The van der Waals surface area contributed by atoms with Crippen LogP contribution in [-0.2, 0) is 39.5 Å². The van der Waals surface area contributed by atoms with Gasteiger partial charge in [-0.1, -0.05) is 134 Å². The molecule has 4 unspecified atom stereocenters. The van der Waals surface area contributed by atoms with Gasteiger partial charge in [-0.15, -0.1) is 0 Å². The summed E-state index contributed by atoms with van der Waals surface area (Å²) in [5, 5.41) is 0. The molecule has 7 rings (SSSR count). The third kappa shape index (κ3) is 40.4. The van der Waals surface area contributed by atoms with E-state index in [9.17, 15) is 23.5 Å². The molecule has 0 aliphatic heterocycles. The van der Waals surface area contributed by atoms with Crippen molar-refractivity contribution in [3.8, 4) is 86.2 Å². The Morgan fingerprint density at radius 1 is 0.336 bits per heavy atom. The smallest absolute Gasteiger partial charge is 1.00 e. The first kappa shape index (κ1) is 118. The van der Waals surface area contributed by atoms with Gasteiger partial charge in [-0.25, -0.2) is 0 Å². The third-order valence-corrected chi connectivity index (χ3v) is 22.0. The summed E-state index contributed by atoms with van der Waals surface area (Å²) in [6, 6.07) is 33.3. The monoisotopic (exact) mass is 1790 g/mol. The molecule has 7 aromatic rings. The molecule has 0 aliphatic rings. The van der Waals surface area contributed by atoms with E-state index in [-0.39, 0.29) is 146 Å². The van der Waals surface area contributed by atoms with Gasteiger partial charge >= 0.3 is 118 Å². The van der Waals surface area contributed by atoms with Gasteiger partial charge < -0.3 is 102 Å². The average molecular weight is 1800 g/mol. The van der Waals surface area contributed by atoms with Crippen LogP contribution in [-0.4, -0.2) is 159 Å². The second kappa shape index (κ2) is 66.0. The Hall–Kier alpha value is -6.48. The van der Waals surface area contributed by atoms with Crippen LogP contribution in [0.5, 0.6) is 86.2 Å². The average Bonchev–Trinajstić information content (AvgIpc) is 0.827. The van der Waals surface area contributed by atoms with Crippen molar-refractivity contribution in [2.45, 2.75) is 172 Å². The zero-order chi connectivity index (χ0) is 87.6. The minimum absolute atomic E-state index is 0. The summed E-state index contributed by atoms with van der Waals surface area (Å²) in [5.41, 5.74) is 7.24. The standard InChI is InChI=1S/C34H42O6.C17H26O4.C16H28O6P2.C13H18O4.C12H16O4.2K.2H2O.H/c1-9-23(3)39-33-29(35-5)19-27(20-30(33)36-6)17-15-25-11-13-26(14-12-25)16-18-28-21-31(37-7)34(32(22-28)38-8)40-24(4)10-2;1-5-7-8-13(6-2)12-21-17-15(19-3)9-14(11-18)10-16(17)20-4;1-5-19-23(17,20-6-2)13-15-9-11-16(12-10-15)14-24(18,21-7-3)22-8-4;1-5-9(2)17-13-11(15-3)6-10(8-14)7-12(13)16-4;1-4-5-16-12-10(14-2)6-9(8-13)7-11(12)15-3;;;;;/h11-24H,9-10H2,1-8H3;9-11,13H,5-8,12H2,1-4H3;9-12H,5-8,13-14H2,1-4H3;6-9H,5H2,1-4H3;6-8H,4-5H2,1-3H3;;;2*1H2;/q;;;;;2*+1;;;-1/p-1/b17-15+,18-16+;;;;;;;;;. The molecule has 122 heavy (non-hydrogen) atoms. The van der Waals surface area contributed by atoms with Gasteiger partial charge in [-0.2, -0.15) is 0 Å². The van der Waals surface area contributed by atoms with Crippen molar-refractivity contribution in [2.24, 2.45) is 5.92 Å². The SMILES string of the molecule is CCC(C)Oc1c(OC)cc(/C=C/c2ccc(/C=C/c3cc(OC)c(OC(C)CC)c(OC)c3)cc2)cc1OC.CCC(C)Oc1c(OC)cc(C=O)cc1OC.CCCCC(CC)COc1c(OC)cc(C=O)cc1OC.CCCOc1c(OC)cc(C=O)cc1OC.CCOP(=O)(Cc1ccc(CP(=O)(OCC)OCC)cc1)OCC.O.[H-].[K+].[K+].[OH-]. The minimum atomic E-state index is -3.12. The maximum Gasteiger partial charge on any atom is 1.00 e. The van der Waals surface area contributed by atoms with Crippen molar-refractivity contribution < 1.29 is 228 Å². The normalized spacial score (nSPS) is 11.6. The molecule has 0 radical (unpaired) electrons. The van der Waals surface area contributed by atoms with E-state index in [0.29, 0.717) is 148 Å². The Labute approximate surface area is 812 Å². The largest absolute Gasteiger partial charge is 1.00 e. The number of aldehydes is 3. The van der Waals surface area contributed by atoms with E-state index in [0.717, 1.165) is 90.8 Å². The van der Waals surface area contributed by atoms with Crippen molar-refractivity contribution >= 4 is 58.4 Å². The Bertz CT molecular complexity index is 3970. The molecular weight excluding hydrogens is 1660 g/mol. The Morgan fingerprint density at radius 2 is 0.582 bits per heavy atom. The summed E-state index contributed by atoms with van der Waals surface area (Å²) in [4.78, 5) is 32.4. The van der Waals surface area contributed by atoms with E-state index in [1.54, 1.807) is 107 Å². The molecule has 0 spiro atoms. The molecule has 0 saturated heterocycles. The first-order chi connectivity index (χ1) is 56.9. The van der Waals surface area contributed by atoms with Crippen molar-refractivity contribution in [3.63, 3.8) is 0 Å². The first-order valence-corrected chi connectivity index (χ1v) is 43.5. The molecule has 0 aromatic heterocycles. The molecule has 0 bridgehead atoms. The zero-order valence-corrected chi connectivity index (χ0v) is 84.7. The number of carbonyl (C=O) groups is 3. The van der Waals surface area contributed by atoms with E-state index < -0.39 is 15.2 Å². The van der Waals surface area contributed by atoms with E-state index >= 15 is 0 Å². The molecule has 670 valence electrons. The fourth-order valence-corrected chi connectivity index (χ4v) is 14.4. The van der Waals surface area contributed by atoms with Gasteiger partial charge in [0.15, 0.2) is 57.5 Å². The molecule has 26 nitrogen and oxygen atoms in total. The number of rotatable bonds is 48. The summed E-state index contributed by atoms with van der Waals surface area (Å²) < 4.78 is 129. The summed E-state index contributed by atoms with van der Waals surface area (Å²) in [6.07, 6.45) is 19.2. The number of benzene rings is 7. The van der Waals surface area contributed by atoms with E-state index in [1.165, 1.54) is 41.3 Å². The summed E-state index contributed by atoms with van der Waals surface area (Å²) in [7, 11) is 9.56. The van der Waals surface area contributed by atoms with Crippen molar-refractivity contribution in [1.29, 1.82) is 0 Å². The summed E-state index contributed by atoms with van der Waals surface area (Å²) in [5.74, 6) is 9.09. The number of hydrogen-bond acceptors (Lipinski definition) is 25. The van der Waals surface area contributed by atoms with Crippen LogP contribution in [0.15, 0.2) is 109 Å². The molecule has 0 saturated carbocycles. The number of ether oxygens (including phenoxy) is 15. The molecule has 30 heteroatoms. The Morgan fingerprint density at radius 3 is 0.803 bits per heavy atom. The second-order valence-corrected chi connectivity index (χ2v) is 30.7. The Kier molecular flexibility index (Phi) is 63.6. The minimum Gasteiger partial charge on any atom is -1.00 e. The number of hydrogen-bond donors (Lipinski definition) is 0. The number of unbranched alkanes of at least 4 members (excludes halogenated alkanes) is 1. The van der Waals surface area contributed by atoms with Gasteiger partial charge in [0.2, 0.25) is 28.7 Å². The fraction of sp³-hybridized carbons (Fsp3) is 0.467. The predicted molar refractivity (Wildman–Crippen MR) is 476 cm³/mol. The van der Waals surface area contributed by atoms with E-state index in [1.807, 2.05) is 95.3 Å². The molecule has 4 atom stereocenters. The second-order valence-electron chi connectivity index (χ2n) is 26.6. The van der Waals surface area contributed by atoms with Gasteiger partial charge in [0.25, 0.3) is 0 Å². The fourth-order valence-electron chi connectivity index (χ4n) is 11.0. The van der Waals surface area contributed by atoms with Crippen LogP contribution in [0.25, 0.3) is 24.3 Å². The predicted octanol–water partition coefficient (Wildman–Crippen LogP) is 15.9. The van der Waals surface area contributed by atoms with Gasteiger partial charge in [0, 0.05) is 16.7 Å². The van der Waals surface area contributed by atoms with E-state index in [2.05, 4.69) is 64.1 Å². The summed E-state index contributed by atoms with van der Waals surface area (Å²) >= 11 is 0. The maximum absolute atomic E-state index is 12.5. The Balaban J connectivity index is -0.00000152. The topological polar surface area (TPSA) is 322 Å². The quantitative estimate of drug-likeness (QED) is 0.0148. The number of carbonyl (C=O) groups excluding carboxylic acids is 3. The van der Waals surface area contributed by atoms with Crippen molar-refractivity contribution in [2.75, 3.05) is 111 Å². The number of methoxy groups -OCH3 is 10. The van der Waals surface area contributed by atoms with Crippen LogP contribution >= 0.6 is 15.2 Å². The van der Waals surface area contributed by atoms with Crippen LogP contribution in [0.1, 0.15) is 207 Å². The van der Waals surface area contributed by atoms with Crippen molar-refractivity contribution in [3.05, 3.63) is 159 Å². The molecular formula is C92H134K2O26P2. The maximum atomic E-state index is 12.5. The first-order valence-electron chi connectivity index (χ1n) is 40.1. The van der Waals surface area contributed by atoms with Gasteiger partial charge in [0.05, 0.1) is 141 Å². The van der Waals surface area contributed by atoms with Crippen molar-refractivity contribution in [1.82, 2.24) is 0 Å². The molecule has 0 heterocycles. The molecule has 0 fully saturated rings. The molecule has 0 amide bonds. The summed E-state index contributed by atoms with van der Waals surface area (Å²) in [6.45, 7) is 28.3. The van der Waals surface area contributed by atoms with Crippen LogP contribution < -0.4 is 174 Å². The van der Waals surface area contributed by atoms with Crippen LogP contribution in [0.3, 0.4) is 0 Å². The third-order valence-electron chi connectivity index (χ3n) is 17.9. The van der Waals surface area contributed by atoms with Crippen LogP contribution in [0.2, 0.25) is 0 Å². The van der Waals surface area contributed by atoms with Crippen LogP contribution in [0, 0.1) is 5.92 Å². The molecule has 7 aromatic carbocycles.